The van der Waals surface area contributed by atoms with E-state index >= 15 is 0 Å². The molecule has 0 aliphatic carbocycles. The first kappa shape index (κ1) is 22.5. The second-order valence-electron chi connectivity index (χ2n) is 8.47. The quantitative estimate of drug-likeness (QED) is 0.431. The van der Waals surface area contributed by atoms with Crippen LogP contribution in [0.15, 0.2) is 48.5 Å². The number of aliphatic hydroxyl groups excluding tert-OH is 1. The normalized spacial score (nSPS) is 17.9. The molecule has 0 spiro atoms. The number of aliphatic hydroxyl groups is 1. The van der Waals surface area contributed by atoms with Gasteiger partial charge in [0.1, 0.15) is 5.84 Å². The summed E-state index contributed by atoms with van der Waals surface area (Å²) in [4.78, 5) is 27.3. The molecule has 2 amide bonds. The molecular formula is C23H28N4O4. The molecule has 8 nitrogen and oxygen atoms in total. The first-order valence-corrected chi connectivity index (χ1v) is 10.1. The van der Waals surface area contributed by atoms with Gasteiger partial charge in [0.2, 0.25) is 0 Å². The van der Waals surface area contributed by atoms with E-state index in [-0.39, 0.29) is 17.9 Å². The van der Waals surface area contributed by atoms with Crippen LogP contribution in [0.4, 0.5) is 11.4 Å². The summed E-state index contributed by atoms with van der Waals surface area (Å²) in [5, 5.41) is 20.5. The maximum absolute atomic E-state index is 13.1. The van der Waals surface area contributed by atoms with Crippen LogP contribution in [-0.4, -0.2) is 48.1 Å². The zero-order valence-electron chi connectivity index (χ0n) is 17.9. The number of carbonyl (C=O) groups is 2. The van der Waals surface area contributed by atoms with Gasteiger partial charge >= 0.3 is 0 Å². The Balaban J connectivity index is 1.76. The number of amides is 2. The number of nitrogen functional groups attached to an aromatic ring is 1. The van der Waals surface area contributed by atoms with Crippen molar-refractivity contribution in [3.8, 4) is 0 Å². The molecule has 0 radical (unpaired) electrons. The van der Waals surface area contributed by atoms with Crippen LogP contribution in [0.3, 0.4) is 0 Å². The summed E-state index contributed by atoms with van der Waals surface area (Å²) in [6, 6.07) is 13.9. The van der Waals surface area contributed by atoms with Crippen molar-refractivity contribution in [3.05, 3.63) is 59.7 Å². The smallest absolute Gasteiger partial charge is 0.259 e. The summed E-state index contributed by atoms with van der Waals surface area (Å²) in [6.07, 6.45) is -2.98. The van der Waals surface area contributed by atoms with Gasteiger partial charge in [-0.3, -0.25) is 15.0 Å². The minimum absolute atomic E-state index is 0.0882. The number of carbonyl (C=O) groups excluding carboxylic acids is 2. The lowest BCUT2D eigenvalue weighted by Crippen LogP contribution is -2.55. The number of benzene rings is 2. The fourth-order valence-corrected chi connectivity index (χ4v) is 3.50. The van der Waals surface area contributed by atoms with Gasteiger partial charge in [-0.2, -0.15) is 0 Å². The van der Waals surface area contributed by atoms with E-state index in [1.54, 1.807) is 29.2 Å². The topological polar surface area (TPSA) is 129 Å². The van der Waals surface area contributed by atoms with Gasteiger partial charge in [-0.15, -0.1) is 0 Å². The number of para-hydroxylation sites is 1. The van der Waals surface area contributed by atoms with E-state index in [9.17, 15) is 14.7 Å². The Morgan fingerprint density at radius 3 is 2.48 bits per heavy atom. The zero-order chi connectivity index (χ0) is 22.8. The predicted molar refractivity (Wildman–Crippen MR) is 119 cm³/mol. The van der Waals surface area contributed by atoms with E-state index in [0.29, 0.717) is 17.8 Å². The fraction of sp³-hybridized carbons (Fsp3) is 0.348. The van der Waals surface area contributed by atoms with E-state index in [1.165, 1.54) is 0 Å². The van der Waals surface area contributed by atoms with Gasteiger partial charge in [0.25, 0.3) is 11.8 Å². The van der Waals surface area contributed by atoms with E-state index in [4.69, 9.17) is 15.9 Å². The highest BCUT2D eigenvalue weighted by Crippen LogP contribution is 2.33. The molecule has 1 heterocycles. The van der Waals surface area contributed by atoms with Crippen LogP contribution in [-0.2, 0) is 19.7 Å². The van der Waals surface area contributed by atoms with Crippen LogP contribution in [0, 0.1) is 5.41 Å². The first-order valence-electron chi connectivity index (χ1n) is 10.1. The molecule has 1 aliphatic heterocycles. The lowest BCUT2D eigenvalue weighted by Gasteiger charge is -2.36. The molecule has 2 aromatic carbocycles. The van der Waals surface area contributed by atoms with Crippen molar-refractivity contribution in [3.63, 3.8) is 0 Å². The van der Waals surface area contributed by atoms with Crippen LogP contribution < -0.4 is 16.0 Å². The van der Waals surface area contributed by atoms with Crippen LogP contribution in [0.25, 0.3) is 0 Å². The number of nitrogens with one attached hydrogen (secondary N) is 2. The van der Waals surface area contributed by atoms with Gasteiger partial charge in [-0.05, 0) is 41.3 Å². The van der Waals surface area contributed by atoms with Crippen molar-refractivity contribution in [2.24, 2.45) is 5.73 Å². The minimum atomic E-state index is -1.68. The highest BCUT2D eigenvalue weighted by molar-refractivity contribution is 6.04. The molecule has 1 saturated heterocycles. The minimum Gasteiger partial charge on any atom is -0.384 e. The molecule has 8 heteroatoms. The third kappa shape index (κ3) is 4.92. The fourth-order valence-electron chi connectivity index (χ4n) is 3.50. The van der Waals surface area contributed by atoms with E-state index in [2.05, 4.69) is 26.1 Å². The lowest BCUT2D eigenvalue weighted by molar-refractivity contribution is -0.150. The molecule has 31 heavy (non-hydrogen) atoms. The zero-order valence-corrected chi connectivity index (χ0v) is 17.9. The summed E-state index contributed by atoms with van der Waals surface area (Å²) in [6.45, 7) is 6.73. The number of hydrogen-bond donors (Lipinski definition) is 4. The monoisotopic (exact) mass is 424 g/mol. The van der Waals surface area contributed by atoms with Gasteiger partial charge in [-0.25, -0.2) is 0 Å². The Hall–Kier alpha value is -3.23. The van der Waals surface area contributed by atoms with Gasteiger partial charge < -0.3 is 25.8 Å². The van der Waals surface area contributed by atoms with Gasteiger partial charge in [0.15, 0.2) is 12.2 Å². The van der Waals surface area contributed by atoms with Crippen molar-refractivity contribution in [2.75, 3.05) is 23.4 Å². The molecule has 5 N–H and O–H groups in total. The Labute approximate surface area is 181 Å². The number of amidine groups is 1. The Bertz CT molecular complexity index is 982. The highest BCUT2D eigenvalue weighted by Gasteiger charge is 2.40. The summed E-state index contributed by atoms with van der Waals surface area (Å²) in [5.41, 5.74) is 7.90. The molecule has 2 atom stereocenters. The van der Waals surface area contributed by atoms with E-state index < -0.39 is 24.0 Å². The number of ether oxygens (including phenoxy) is 1. The average Bonchev–Trinajstić information content (AvgIpc) is 2.73. The molecule has 1 aliphatic rings. The van der Waals surface area contributed by atoms with Crippen LogP contribution >= 0.6 is 0 Å². The number of nitrogens with two attached hydrogens (primary N) is 1. The molecule has 0 bridgehead atoms. The van der Waals surface area contributed by atoms with Crippen LogP contribution in [0.5, 0.6) is 0 Å². The Morgan fingerprint density at radius 1 is 1.23 bits per heavy atom. The second-order valence-corrected chi connectivity index (χ2v) is 8.47. The predicted octanol–water partition coefficient (Wildman–Crippen LogP) is 2.00. The average molecular weight is 425 g/mol. The highest BCUT2D eigenvalue weighted by atomic mass is 16.5. The Kier molecular flexibility index (Phi) is 6.42. The van der Waals surface area contributed by atoms with Crippen molar-refractivity contribution >= 4 is 29.0 Å². The van der Waals surface area contributed by atoms with Crippen LogP contribution in [0.2, 0.25) is 0 Å². The van der Waals surface area contributed by atoms with E-state index in [0.717, 1.165) is 11.3 Å². The lowest BCUT2D eigenvalue weighted by atomic mass is 9.85. The largest absolute Gasteiger partial charge is 0.384 e. The van der Waals surface area contributed by atoms with E-state index in [1.807, 2.05) is 24.3 Å². The van der Waals surface area contributed by atoms with Crippen molar-refractivity contribution in [1.29, 1.82) is 5.41 Å². The molecule has 164 valence electrons. The molecule has 0 aromatic heterocycles. The molecule has 0 saturated carbocycles. The molecule has 0 unspecified atom stereocenters. The summed E-state index contributed by atoms with van der Waals surface area (Å²) >= 11 is 0. The molecule has 1 fully saturated rings. The summed E-state index contributed by atoms with van der Waals surface area (Å²) < 4.78 is 5.49. The summed E-state index contributed by atoms with van der Waals surface area (Å²) in [7, 11) is 0. The maximum Gasteiger partial charge on any atom is 0.259 e. The van der Waals surface area contributed by atoms with Crippen molar-refractivity contribution < 1.29 is 19.4 Å². The Morgan fingerprint density at radius 2 is 1.87 bits per heavy atom. The first-order chi connectivity index (χ1) is 14.6. The SMILES string of the molecule is CC(C)(C)c1ccccc1N1CCO[C@H]([C@@H](O)C(=O)Nc2ccc(C(=N)N)cc2)C1=O. The van der Waals surface area contributed by atoms with Crippen molar-refractivity contribution in [1.82, 2.24) is 0 Å². The number of morpholine rings is 1. The third-order valence-electron chi connectivity index (χ3n) is 5.14. The molecule has 3 rings (SSSR count). The van der Waals surface area contributed by atoms with Gasteiger partial charge in [-0.1, -0.05) is 39.0 Å². The standard InChI is InChI=1S/C23H28N4O4/c1-23(2,3)16-6-4-5-7-17(16)27-12-13-31-19(22(27)30)18(28)21(29)26-15-10-8-14(9-11-15)20(24)25/h4-11,18-19,28H,12-13H2,1-3H3,(H3,24,25)(H,26,29)/t18-,19-/m1/s1. The number of hydrogen-bond acceptors (Lipinski definition) is 5. The molecular weight excluding hydrogens is 396 g/mol. The summed E-state index contributed by atoms with van der Waals surface area (Å²) in [5.74, 6) is -1.30. The maximum atomic E-state index is 13.1. The van der Waals surface area contributed by atoms with Gasteiger partial charge in [0.05, 0.1) is 6.61 Å². The number of nitrogens with zero attached hydrogens (tertiary/aromatic N) is 1. The van der Waals surface area contributed by atoms with Crippen molar-refractivity contribution in [2.45, 2.75) is 38.4 Å². The van der Waals surface area contributed by atoms with Gasteiger partial charge in [0, 0.05) is 23.5 Å². The molecule has 2 aromatic rings. The number of rotatable bonds is 5. The third-order valence-corrected chi connectivity index (χ3v) is 5.14. The second kappa shape index (κ2) is 8.87. The number of anilines is 2. The van der Waals surface area contributed by atoms with Crippen LogP contribution in [0.1, 0.15) is 31.9 Å².